The van der Waals surface area contributed by atoms with E-state index < -0.39 is 0 Å². The first kappa shape index (κ1) is 21.9. The Morgan fingerprint density at radius 2 is 1.80 bits per heavy atom. The second-order valence-electron chi connectivity index (χ2n) is 8.13. The molecule has 0 spiro atoms. The fraction of sp³-hybridized carbons (Fsp3) is 0.478. The lowest BCUT2D eigenvalue weighted by Crippen LogP contribution is -2.49. The number of amides is 2. The van der Waals surface area contributed by atoms with E-state index in [-0.39, 0.29) is 11.8 Å². The molecule has 0 unspecified atom stereocenters. The predicted molar refractivity (Wildman–Crippen MR) is 116 cm³/mol. The minimum absolute atomic E-state index is 0.107. The number of nitrogens with zero attached hydrogens (tertiary/aromatic N) is 5. The first-order valence-electron chi connectivity index (χ1n) is 10.6. The molecule has 2 heterocycles. The van der Waals surface area contributed by atoms with Gasteiger partial charge in [-0.15, -0.1) is 0 Å². The third-order valence-electron chi connectivity index (χ3n) is 5.22. The summed E-state index contributed by atoms with van der Waals surface area (Å²) in [4.78, 5) is 39.6. The molecule has 2 amide bonds. The molecule has 30 heavy (non-hydrogen) atoms. The molecule has 0 radical (unpaired) electrons. The average Bonchev–Trinajstić information content (AvgIpc) is 2.77. The van der Waals surface area contributed by atoms with E-state index in [0.29, 0.717) is 31.1 Å². The number of carbonyl (C=O) groups is 2. The molecule has 1 aromatic carbocycles. The maximum atomic E-state index is 12.8. The number of benzene rings is 1. The highest BCUT2D eigenvalue weighted by molar-refractivity contribution is 5.92. The summed E-state index contributed by atoms with van der Waals surface area (Å²) in [5, 5.41) is 0. The number of aromatic nitrogens is 2. The highest BCUT2D eigenvalue weighted by Crippen LogP contribution is 2.11. The zero-order valence-corrected chi connectivity index (χ0v) is 17.9. The Bertz CT molecular complexity index is 805. The fourth-order valence-electron chi connectivity index (χ4n) is 3.67. The minimum Gasteiger partial charge on any atom is -0.340 e. The van der Waals surface area contributed by atoms with Crippen LogP contribution < -0.4 is 0 Å². The van der Waals surface area contributed by atoms with Gasteiger partial charge in [-0.3, -0.25) is 19.5 Å². The van der Waals surface area contributed by atoms with Crippen LogP contribution in [0.4, 0.5) is 0 Å². The van der Waals surface area contributed by atoms with Crippen molar-refractivity contribution in [2.24, 2.45) is 5.92 Å². The zero-order chi connectivity index (χ0) is 21.3. The molecule has 7 nitrogen and oxygen atoms in total. The summed E-state index contributed by atoms with van der Waals surface area (Å²) in [5.41, 5.74) is 1.62. The molecule has 2 aromatic rings. The van der Waals surface area contributed by atoms with Crippen molar-refractivity contribution in [2.45, 2.75) is 26.8 Å². The van der Waals surface area contributed by atoms with Crippen LogP contribution in [0.1, 0.15) is 36.3 Å². The smallest absolute Gasteiger partial charge is 0.274 e. The fourth-order valence-corrected chi connectivity index (χ4v) is 3.67. The van der Waals surface area contributed by atoms with E-state index in [1.807, 2.05) is 11.0 Å². The van der Waals surface area contributed by atoms with E-state index in [9.17, 15) is 9.59 Å². The maximum absolute atomic E-state index is 12.8. The van der Waals surface area contributed by atoms with E-state index >= 15 is 0 Å². The van der Waals surface area contributed by atoms with Gasteiger partial charge in [0.2, 0.25) is 5.91 Å². The molecule has 160 valence electrons. The second-order valence-corrected chi connectivity index (χ2v) is 8.13. The Kier molecular flexibility index (Phi) is 7.90. The Hall–Kier alpha value is -2.80. The van der Waals surface area contributed by atoms with Crippen LogP contribution in [-0.4, -0.2) is 75.8 Å². The summed E-state index contributed by atoms with van der Waals surface area (Å²) >= 11 is 0. The van der Waals surface area contributed by atoms with E-state index in [1.54, 1.807) is 11.1 Å². The highest BCUT2D eigenvalue weighted by Gasteiger charge is 2.24. The predicted octanol–water partition coefficient (Wildman–Crippen LogP) is 2.31. The number of carbonyl (C=O) groups excluding carboxylic acids is 2. The summed E-state index contributed by atoms with van der Waals surface area (Å²) in [5.74, 6) is 0.245. The monoisotopic (exact) mass is 409 g/mol. The molecule has 7 heteroatoms. The number of piperazine rings is 1. The Balaban J connectivity index is 1.49. The van der Waals surface area contributed by atoms with Crippen molar-refractivity contribution in [1.82, 2.24) is 24.7 Å². The molecule has 1 saturated heterocycles. The molecule has 1 fully saturated rings. The third kappa shape index (κ3) is 6.35. The van der Waals surface area contributed by atoms with Crippen LogP contribution in [0.3, 0.4) is 0 Å². The van der Waals surface area contributed by atoms with Crippen molar-refractivity contribution in [3.63, 3.8) is 0 Å². The lowest BCUT2D eigenvalue weighted by atomic mass is 10.1. The van der Waals surface area contributed by atoms with E-state index in [2.05, 4.69) is 53.0 Å². The van der Waals surface area contributed by atoms with E-state index in [4.69, 9.17) is 0 Å². The van der Waals surface area contributed by atoms with Gasteiger partial charge < -0.3 is 9.80 Å². The lowest BCUT2D eigenvalue weighted by molar-refractivity contribution is -0.133. The number of rotatable bonds is 8. The number of hydrogen-bond acceptors (Lipinski definition) is 5. The normalized spacial score (nSPS) is 14.7. The topological polar surface area (TPSA) is 69.6 Å². The van der Waals surface area contributed by atoms with Crippen LogP contribution in [0.2, 0.25) is 0 Å². The lowest BCUT2D eigenvalue weighted by Gasteiger charge is -2.35. The van der Waals surface area contributed by atoms with Gasteiger partial charge in [-0.25, -0.2) is 4.98 Å². The van der Waals surface area contributed by atoms with E-state index in [1.165, 1.54) is 18.0 Å². The van der Waals surface area contributed by atoms with Crippen LogP contribution >= 0.6 is 0 Å². The van der Waals surface area contributed by atoms with Gasteiger partial charge in [0.15, 0.2) is 0 Å². The molecule has 1 aromatic heterocycles. The largest absolute Gasteiger partial charge is 0.340 e. The molecule has 0 N–H and O–H groups in total. The molecule has 1 aliphatic heterocycles. The van der Waals surface area contributed by atoms with Crippen molar-refractivity contribution in [3.05, 3.63) is 60.2 Å². The molecular weight excluding hydrogens is 378 g/mol. The van der Waals surface area contributed by atoms with Gasteiger partial charge in [-0.2, -0.15) is 0 Å². The highest BCUT2D eigenvalue weighted by atomic mass is 16.2. The first-order valence-corrected chi connectivity index (χ1v) is 10.6. The van der Waals surface area contributed by atoms with Crippen LogP contribution in [0.15, 0.2) is 48.9 Å². The SMILES string of the molecule is CC(C)CN(CCC(=O)N1CCN(Cc2ccccc2)CC1)C(=O)c1cnccn1. The van der Waals surface area contributed by atoms with Crippen molar-refractivity contribution < 1.29 is 9.59 Å². The molecular formula is C23H31N5O2. The molecule has 0 bridgehead atoms. The van der Waals surface area contributed by atoms with Crippen LogP contribution in [-0.2, 0) is 11.3 Å². The standard InChI is InChI=1S/C23H31N5O2/c1-19(2)17-28(23(30)21-16-24-9-10-25-21)11-8-22(29)27-14-12-26(13-15-27)18-20-6-4-3-5-7-20/h3-7,9-10,16,19H,8,11-15,17-18H2,1-2H3. The Morgan fingerprint density at radius 3 is 2.43 bits per heavy atom. The van der Waals surface area contributed by atoms with Crippen molar-refractivity contribution in [2.75, 3.05) is 39.3 Å². The molecule has 1 aliphatic rings. The molecule has 0 atom stereocenters. The quantitative estimate of drug-likeness (QED) is 0.669. The second kappa shape index (κ2) is 10.8. The van der Waals surface area contributed by atoms with Gasteiger partial charge in [0, 0.05) is 64.6 Å². The van der Waals surface area contributed by atoms with Gasteiger partial charge in [0.25, 0.3) is 5.91 Å². The van der Waals surface area contributed by atoms with Crippen LogP contribution in [0.25, 0.3) is 0 Å². The summed E-state index contributed by atoms with van der Waals surface area (Å²) < 4.78 is 0. The van der Waals surface area contributed by atoms with Gasteiger partial charge >= 0.3 is 0 Å². The Labute approximate surface area is 178 Å². The van der Waals surface area contributed by atoms with Crippen LogP contribution in [0, 0.1) is 5.92 Å². The summed E-state index contributed by atoms with van der Waals surface area (Å²) in [6.45, 7) is 9.23. The van der Waals surface area contributed by atoms with Gasteiger partial charge in [-0.1, -0.05) is 44.2 Å². The van der Waals surface area contributed by atoms with Gasteiger partial charge in [0.1, 0.15) is 5.69 Å². The summed E-state index contributed by atoms with van der Waals surface area (Å²) in [7, 11) is 0. The van der Waals surface area contributed by atoms with Gasteiger partial charge in [0.05, 0.1) is 6.20 Å². The molecule has 3 rings (SSSR count). The maximum Gasteiger partial charge on any atom is 0.274 e. The van der Waals surface area contributed by atoms with Crippen molar-refractivity contribution >= 4 is 11.8 Å². The van der Waals surface area contributed by atoms with E-state index in [0.717, 1.165) is 32.7 Å². The van der Waals surface area contributed by atoms with Gasteiger partial charge in [-0.05, 0) is 11.5 Å². The number of hydrogen-bond donors (Lipinski definition) is 0. The molecule has 0 aliphatic carbocycles. The van der Waals surface area contributed by atoms with Crippen molar-refractivity contribution in [1.29, 1.82) is 0 Å². The molecule has 0 saturated carbocycles. The zero-order valence-electron chi connectivity index (χ0n) is 17.9. The third-order valence-corrected chi connectivity index (χ3v) is 5.22. The summed E-state index contributed by atoms with van der Waals surface area (Å²) in [6.07, 6.45) is 4.87. The van der Waals surface area contributed by atoms with Crippen molar-refractivity contribution in [3.8, 4) is 0 Å². The minimum atomic E-state index is -0.169. The average molecular weight is 410 g/mol. The van der Waals surface area contributed by atoms with Crippen LogP contribution in [0.5, 0.6) is 0 Å². The summed E-state index contributed by atoms with van der Waals surface area (Å²) in [6, 6.07) is 10.4. The Morgan fingerprint density at radius 1 is 1.07 bits per heavy atom. The first-order chi connectivity index (χ1) is 14.5.